The van der Waals surface area contributed by atoms with Gasteiger partial charge in [-0.05, 0) is 17.5 Å². The highest BCUT2D eigenvalue weighted by atomic mass is 16.5. The minimum absolute atomic E-state index is 0.175. The highest BCUT2D eigenvalue weighted by Crippen LogP contribution is 2.25. The first-order valence-electron chi connectivity index (χ1n) is 8.35. The van der Waals surface area contributed by atoms with Gasteiger partial charge in [-0.25, -0.2) is 0 Å². The second-order valence-corrected chi connectivity index (χ2v) is 6.55. The minimum atomic E-state index is -0.537. The summed E-state index contributed by atoms with van der Waals surface area (Å²) in [4.78, 5) is 11.4. The molecule has 2 aromatic carbocycles. The van der Waals surface area contributed by atoms with Crippen LogP contribution in [0.3, 0.4) is 0 Å². The van der Waals surface area contributed by atoms with Crippen LogP contribution >= 0.6 is 0 Å². The second kappa shape index (κ2) is 9.36. The van der Waals surface area contributed by atoms with E-state index in [1.165, 1.54) is 0 Å². The maximum Gasteiger partial charge on any atom is 0.128 e. The molecular weight excluding hydrogens is 300 g/mol. The molecule has 0 unspecified atom stereocenters. The molecule has 0 saturated carbocycles. The Balaban J connectivity index is 1.83. The van der Waals surface area contributed by atoms with E-state index in [9.17, 15) is 4.79 Å². The van der Waals surface area contributed by atoms with Crippen LogP contribution < -0.4 is 0 Å². The molecule has 0 spiro atoms. The van der Waals surface area contributed by atoms with E-state index in [1.54, 1.807) is 0 Å². The lowest BCUT2D eigenvalue weighted by atomic mass is 9.86. The Morgan fingerprint density at radius 2 is 1.46 bits per heavy atom. The van der Waals surface area contributed by atoms with Gasteiger partial charge in [0.2, 0.25) is 0 Å². The van der Waals surface area contributed by atoms with Gasteiger partial charge in [-0.3, -0.25) is 0 Å². The summed E-state index contributed by atoms with van der Waals surface area (Å²) in [5.74, 6) is 0. The van der Waals surface area contributed by atoms with Crippen LogP contribution in [0.15, 0.2) is 60.7 Å². The van der Waals surface area contributed by atoms with Gasteiger partial charge in [0, 0.05) is 12.0 Å². The summed E-state index contributed by atoms with van der Waals surface area (Å²) in [7, 11) is 0. The molecule has 0 aliphatic carbocycles. The Kier molecular flexibility index (Phi) is 7.16. The zero-order valence-electron chi connectivity index (χ0n) is 14.5. The van der Waals surface area contributed by atoms with E-state index in [2.05, 4.69) is 0 Å². The highest BCUT2D eigenvalue weighted by molar-refractivity contribution is 5.59. The normalized spacial score (nSPS) is 12.8. The van der Waals surface area contributed by atoms with Crippen molar-refractivity contribution in [2.24, 2.45) is 5.41 Å². The average molecular weight is 326 g/mol. The molecule has 24 heavy (non-hydrogen) atoms. The first-order chi connectivity index (χ1) is 11.6. The van der Waals surface area contributed by atoms with Crippen LogP contribution in [-0.4, -0.2) is 19.0 Å². The van der Waals surface area contributed by atoms with Crippen LogP contribution in [0.25, 0.3) is 0 Å². The molecule has 0 heterocycles. The molecule has 0 saturated heterocycles. The van der Waals surface area contributed by atoms with Gasteiger partial charge >= 0.3 is 0 Å². The molecule has 128 valence electrons. The Bertz CT molecular complexity index is 593. The van der Waals surface area contributed by atoms with Crippen molar-refractivity contribution >= 4 is 6.29 Å². The largest absolute Gasteiger partial charge is 0.377 e. The predicted molar refractivity (Wildman–Crippen MR) is 95.6 cm³/mol. The van der Waals surface area contributed by atoms with E-state index in [4.69, 9.17) is 9.47 Å². The Labute approximate surface area is 144 Å². The van der Waals surface area contributed by atoms with Gasteiger partial charge in [-0.1, -0.05) is 74.5 Å². The van der Waals surface area contributed by atoms with Crippen molar-refractivity contribution in [1.82, 2.24) is 0 Å². The fourth-order valence-corrected chi connectivity index (χ4v) is 2.47. The lowest BCUT2D eigenvalue weighted by Gasteiger charge is -2.29. The number of hydrogen-bond acceptors (Lipinski definition) is 3. The lowest BCUT2D eigenvalue weighted by Crippen LogP contribution is -2.34. The number of carbonyl (C=O) groups excluding carboxylic acids is 1. The Morgan fingerprint density at radius 3 is 2.00 bits per heavy atom. The van der Waals surface area contributed by atoms with Gasteiger partial charge in [-0.2, -0.15) is 0 Å². The van der Waals surface area contributed by atoms with Gasteiger partial charge in [0.1, 0.15) is 6.29 Å². The van der Waals surface area contributed by atoms with Crippen LogP contribution in [0.1, 0.15) is 31.4 Å². The van der Waals surface area contributed by atoms with Crippen LogP contribution in [0, 0.1) is 5.41 Å². The van der Waals surface area contributed by atoms with Gasteiger partial charge in [-0.15, -0.1) is 0 Å². The van der Waals surface area contributed by atoms with Gasteiger partial charge < -0.3 is 14.3 Å². The van der Waals surface area contributed by atoms with Crippen molar-refractivity contribution in [2.75, 3.05) is 6.61 Å². The lowest BCUT2D eigenvalue weighted by molar-refractivity contribution is -0.125. The number of rotatable bonds is 10. The minimum Gasteiger partial charge on any atom is -0.377 e. The molecule has 0 fully saturated rings. The van der Waals surface area contributed by atoms with Crippen molar-refractivity contribution in [3.8, 4) is 0 Å². The third-order valence-corrected chi connectivity index (χ3v) is 4.06. The summed E-state index contributed by atoms with van der Waals surface area (Å²) in [6.07, 6.45) is 1.48. The molecule has 0 aliphatic heterocycles. The summed E-state index contributed by atoms with van der Waals surface area (Å²) in [6, 6.07) is 20.1. The fraction of sp³-hybridized carbons (Fsp3) is 0.381. The highest BCUT2D eigenvalue weighted by Gasteiger charge is 2.29. The maximum atomic E-state index is 11.4. The fourth-order valence-electron chi connectivity index (χ4n) is 2.47. The second-order valence-electron chi connectivity index (χ2n) is 6.55. The summed E-state index contributed by atoms with van der Waals surface area (Å²) >= 11 is 0. The van der Waals surface area contributed by atoms with E-state index < -0.39 is 5.41 Å². The monoisotopic (exact) mass is 326 g/mol. The molecule has 2 rings (SSSR count). The Morgan fingerprint density at radius 1 is 0.917 bits per heavy atom. The summed E-state index contributed by atoms with van der Waals surface area (Å²) in [5, 5.41) is 0. The zero-order valence-corrected chi connectivity index (χ0v) is 14.5. The quantitative estimate of drug-likeness (QED) is 0.479. The molecule has 0 amide bonds. The van der Waals surface area contributed by atoms with E-state index in [-0.39, 0.29) is 6.10 Å². The van der Waals surface area contributed by atoms with Crippen LogP contribution in [0.4, 0.5) is 0 Å². The average Bonchev–Trinajstić information content (AvgIpc) is 2.62. The molecule has 1 atom stereocenters. The number of ether oxygens (including phenoxy) is 2. The van der Waals surface area contributed by atoms with Crippen LogP contribution in [0.2, 0.25) is 0 Å². The van der Waals surface area contributed by atoms with E-state index in [0.29, 0.717) is 26.2 Å². The van der Waals surface area contributed by atoms with E-state index in [0.717, 1.165) is 17.4 Å². The number of aldehydes is 1. The van der Waals surface area contributed by atoms with Crippen LogP contribution in [0.5, 0.6) is 0 Å². The molecule has 0 bridgehead atoms. The number of benzene rings is 2. The first-order valence-corrected chi connectivity index (χ1v) is 8.35. The predicted octanol–water partition coefficient (Wildman–Crippen LogP) is 4.40. The topological polar surface area (TPSA) is 35.5 Å². The first kappa shape index (κ1) is 18.4. The molecule has 0 aromatic heterocycles. The molecular formula is C21H26O3. The van der Waals surface area contributed by atoms with Gasteiger partial charge in [0.15, 0.2) is 0 Å². The molecule has 2 aromatic rings. The third kappa shape index (κ3) is 5.91. The summed E-state index contributed by atoms with van der Waals surface area (Å²) in [5.41, 5.74) is 1.72. The molecule has 3 nitrogen and oxygen atoms in total. The summed E-state index contributed by atoms with van der Waals surface area (Å²) < 4.78 is 11.8. The van der Waals surface area contributed by atoms with Crippen LogP contribution in [-0.2, 0) is 27.5 Å². The number of hydrogen-bond donors (Lipinski definition) is 0. The standard InChI is InChI=1S/C21H26O3/c1-21(2,17-22)20(24-16-19-11-7-4-8-12-19)13-14-23-15-18-9-5-3-6-10-18/h3-12,17,20H,13-16H2,1-2H3/t20-/m1/s1. The van der Waals surface area contributed by atoms with Crippen molar-refractivity contribution in [3.05, 3.63) is 71.8 Å². The zero-order chi connectivity index (χ0) is 17.3. The van der Waals surface area contributed by atoms with Crippen molar-refractivity contribution in [3.63, 3.8) is 0 Å². The molecule has 0 aliphatic rings. The van der Waals surface area contributed by atoms with Gasteiger partial charge in [0.05, 0.1) is 19.3 Å². The van der Waals surface area contributed by atoms with E-state index in [1.807, 2.05) is 74.5 Å². The molecule has 0 N–H and O–H groups in total. The van der Waals surface area contributed by atoms with Crippen molar-refractivity contribution in [2.45, 2.75) is 39.6 Å². The SMILES string of the molecule is CC(C)(C=O)[C@@H](CCOCc1ccccc1)OCc1ccccc1. The third-order valence-electron chi connectivity index (χ3n) is 4.06. The maximum absolute atomic E-state index is 11.4. The molecule has 0 radical (unpaired) electrons. The summed E-state index contributed by atoms with van der Waals surface area (Å²) in [6.45, 7) is 5.46. The van der Waals surface area contributed by atoms with E-state index >= 15 is 0 Å². The van der Waals surface area contributed by atoms with Crippen molar-refractivity contribution < 1.29 is 14.3 Å². The molecule has 3 heteroatoms. The number of carbonyl (C=O) groups is 1. The Hall–Kier alpha value is -1.97. The van der Waals surface area contributed by atoms with Gasteiger partial charge in [0.25, 0.3) is 0 Å². The van der Waals surface area contributed by atoms with Crippen molar-refractivity contribution in [1.29, 1.82) is 0 Å². The smallest absolute Gasteiger partial charge is 0.128 e.